The molecule has 0 aromatic heterocycles. The Hall–Kier alpha value is -1.60. The van der Waals surface area contributed by atoms with Crippen LogP contribution < -0.4 is 5.32 Å². The number of nitrogens with one attached hydrogen (secondary N) is 1. The van der Waals surface area contributed by atoms with Crippen molar-refractivity contribution in [1.82, 2.24) is 5.32 Å². The highest BCUT2D eigenvalue weighted by Gasteiger charge is 2.23. The van der Waals surface area contributed by atoms with Crippen molar-refractivity contribution in [3.63, 3.8) is 0 Å². The van der Waals surface area contributed by atoms with Crippen LogP contribution in [0.2, 0.25) is 0 Å². The molecule has 4 rings (SSSR count). The molecular weight excluding hydrogens is 398 g/mol. The molecule has 1 N–H and O–H groups in total. The molecule has 2 saturated carbocycles. The standard InChI is InChI=1S/C32H47N/c1-4-6-7-8-24-9-11-26(12-10-24)27-13-15-29(16-14-27)32-22-19-30(23-25(32)5-2)28-17-20-31(33-3)21-18-28/h13-16,19,22-24,26,28,31,33H,4-12,17-18,20-21H2,1-3H3. The summed E-state index contributed by atoms with van der Waals surface area (Å²) in [5.41, 5.74) is 7.49. The summed E-state index contributed by atoms with van der Waals surface area (Å²) in [5, 5.41) is 3.47. The average Bonchev–Trinajstić information content (AvgIpc) is 2.89. The van der Waals surface area contributed by atoms with E-state index < -0.39 is 0 Å². The third-order valence-corrected chi connectivity index (χ3v) is 8.87. The molecule has 0 spiro atoms. The number of aryl methyl sites for hydroxylation is 1. The zero-order chi connectivity index (χ0) is 23.0. The fourth-order valence-corrected chi connectivity index (χ4v) is 6.56. The van der Waals surface area contributed by atoms with E-state index in [0.29, 0.717) is 0 Å². The van der Waals surface area contributed by atoms with Gasteiger partial charge in [0.2, 0.25) is 0 Å². The first kappa shape index (κ1) is 24.5. The van der Waals surface area contributed by atoms with Crippen molar-refractivity contribution in [2.45, 2.75) is 115 Å². The van der Waals surface area contributed by atoms with E-state index >= 15 is 0 Å². The van der Waals surface area contributed by atoms with Crippen molar-refractivity contribution in [3.8, 4) is 11.1 Å². The first-order valence-electron chi connectivity index (χ1n) is 14.1. The maximum Gasteiger partial charge on any atom is 0.00644 e. The van der Waals surface area contributed by atoms with Gasteiger partial charge in [0.25, 0.3) is 0 Å². The van der Waals surface area contributed by atoms with Gasteiger partial charge in [-0.1, -0.05) is 82.0 Å². The van der Waals surface area contributed by atoms with Crippen molar-refractivity contribution in [1.29, 1.82) is 0 Å². The Labute approximate surface area is 203 Å². The van der Waals surface area contributed by atoms with Crippen LogP contribution in [0.25, 0.3) is 11.1 Å². The molecule has 1 heteroatoms. The summed E-state index contributed by atoms with van der Waals surface area (Å²) < 4.78 is 0. The lowest BCUT2D eigenvalue weighted by atomic mass is 9.77. The van der Waals surface area contributed by atoms with Gasteiger partial charge >= 0.3 is 0 Å². The van der Waals surface area contributed by atoms with E-state index in [2.05, 4.69) is 68.7 Å². The topological polar surface area (TPSA) is 12.0 Å². The maximum atomic E-state index is 3.47. The summed E-state index contributed by atoms with van der Waals surface area (Å²) >= 11 is 0. The van der Waals surface area contributed by atoms with Crippen LogP contribution in [0, 0.1) is 5.92 Å². The quantitative estimate of drug-likeness (QED) is 0.380. The van der Waals surface area contributed by atoms with E-state index in [1.807, 2.05) is 0 Å². The van der Waals surface area contributed by atoms with Crippen LogP contribution in [0.1, 0.15) is 119 Å². The summed E-state index contributed by atoms with van der Waals surface area (Å²) in [5.74, 6) is 2.52. The zero-order valence-corrected chi connectivity index (χ0v) is 21.5. The van der Waals surface area contributed by atoms with Gasteiger partial charge in [-0.3, -0.25) is 0 Å². The van der Waals surface area contributed by atoms with Gasteiger partial charge in [-0.15, -0.1) is 0 Å². The maximum absolute atomic E-state index is 3.47. The first-order valence-corrected chi connectivity index (χ1v) is 14.1. The van der Waals surface area contributed by atoms with E-state index in [-0.39, 0.29) is 0 Å². The molecule has 0 aliphatic heterocycles. The molecule has 2 aliphatic rings. The first-order chi connectivity index (χ1) is 16.2. The smallest absolute Gasteiger partial charge is 0.00644 e. The Kier molecular flexibility index (Phi) is 9.07. The number of hydrogen-bond acceptors (Lipinski definition) is 1. The Morgan fingerprint density at radius 1 is 0.727 bits per heavy atom. The summed E-state index contributed by atoms with van der Waals surface area (Å²) in [6.07, 6.45) is 17.7. The van der Waals surface area contributed by atoms with Crippen LogP contribution in [0.15, 0.2) is 42.5 Å². The Balaban J connectivity index is 1.38. The fourth-order valence-electron chi connectivity index (χ4n) is 6.56. The third-order valence-electron chi connectivity index (χ3n) is 8.87. The van der Waals surface area contributed by atoms with E-state index in [1.165, 1.54) is 93.7 Å². The van der Waals surface area contributed by atoms with Crippen molar-refractivity contribution in [3.05, 3.63) is 59.2 Å². The second kappa shape index (κ2) is 12.2. The lowest BCUT2D eigenvalue weighted by molar-refractivity contribution is 0.303. The van der Waals surface area contributed by atoms with Crippen molar-refractivity contribution in [2.75, 3.05) is 7.05 Å². The molecule has 180 valence electrons. The van der Waals surface area contributed by atoms with Crippen LogP contribution in [0.5, 0.6) is 0 Å². The average molecular weight is 446 g/mol. The van der Waals surface area contributed by atoms with Gasteiger partial charge in [-0.25, -0.2) is 0 Å². The summed E-state index contributed by atoms with van der Waals surface area (Å²) in [6, 6.07) is 17.7. The van der Waals surface area contributed by atoms with Gasteiger partial charge in [-0.2, -0.15) is 0 Å². The van der Waals surface area contributed by atoms with Crippen molar-refractivity contribution < 1.29 is 0 Å². The predicted molar refractivity (Wildman–Crippen MR) is 144 cm³/mol. The van der Waals surface area contributed by atoms with Crippen LogP contribution in [-0.2, 0) is 6.42 Å². The summed E-state index contributed by atoms with van der Waals surface area (Å²) in [7, 11) is 2.11. The van der Waals surface area contributed by atoms with E-state index in [4.69, 9.17) is 0 Å². The summed E-state index contributed by atoms with van der Waals surface area (Å²) in [4.78, 5) is 0. The molecule has 2 aromatic carbocycles. The Morgan fingerprint density at radius 3 is 2.00 bits per heavy atom. The molecule has 33 heavy (non-hydrogen) atoms. The third kappa shape index (κ3) is 6.30. The largest absolute Gasteiger partial charge is 0.317 e. The highest BCUT2D eigenvalue weighted by molar-refractivity contribution is 5.68. The highest BCUT2D eigenvalue weighted by Crippen LogP contribution is 2.39. The lowest BCUT2D eigenvalue weighted by Crippen LogP contribution is -2.29. The molecule has 2 aliphatic carbocycles. The fraction of sp³-hybridized carbons (Fsp3) is 0.625. The predicted octanol–water partition coefficient (Wildman–Crippen LogP) is 9.02. The molecule has 0 radical (unpaired) electrons. The van der Waals surface area contributed by atoms with Crippen LogP contribution in [0.4, 0.5) is 0 Å². The minimum atomic E-state index is 0.723. The SMILES string of the molecule is CCCCCC1CCC(c2ccc(-c3ccc(C4CCC(NC)CC4)cc3CC)cc2)CC1. The molecule has 2 aromatic rings. The lowest BCUT2D eigenvalue weighted by Gasteiger charge is -2.29. The Bertz CT molecular complexity index is 835. The summed E-state index contributed by atoms with van der Waals surface area (Å²) in [6.45, 7) is 4.63. The highest BCUT2D eigenvalue weighted by atomic mass is 14.9. The molecule has 0 bridgehead atoms. The molecule has 0 atom stereocenters. The molecule has 0 saturated heterocycles. The molecule has 1 nitrogen and oxygen atoms in total. The van der Waals surface area contributed by atoms with Gasteiger partial charge in [0.1, 0.15) is 0 Å². The second-order valence-corrected chi connectivity index (χ2v) is 10.9. The minimum Gasteiger partial charge on any atom is -0.317 e. The van der Waals surface area contributed by atoms with Crippen LogP contribution in [0.3, 0.4) is 0 Å². The van der Waals surface area contributed by atoms with E-state index in [9.17, 15) is 0 Å². The van der Waals surface area contributed by atoms with Gasteiger partial charge in [0.05, 0.1) is 0 Å². The zero-order valence-electron chi connectivity index (χ0n) is 21.5. The van der Waals surface area contributed by atoms with E-state index in [0.717, 1.165) is 30.2 Å². The monoisotopic (exact) mass is 445 g/mol. The van der Waals surface area contributed by atoms with Gasteiger partial charge in [0.15, 0.2) is 0 Å². The molecule has 0 heterocycles. The van der Waals surface area contributed by atoms with Crippen LogP contribution >= 0.6 is 0 Å². The number of unbranched alkanes of at least 4 members (excludes halogenated alkanes) is 2. The van der Waals surface area contributed by atoms with Crippen LogP contribution in [-0.4, -0.2) is 13.1 Å². The Morgan fingerprint density at radius 2 is 1.36 bits per heavy atom. The normalized spacial score (nSPS) is 25.8. The molecule has 2 fully saturated rings. The molecule has 0 amide bonds. The van der Waals surface area contributed by atoms with Gasteiger partial charge in [0, 0.05) is 6.04 Å². The second-order valence-electron chi connectivity index (χ2n) is 10.9. The molecule has 0 unspecified atom stereocenters. The molecular formula is C32H47N. The van der Waals surface area contributed by atoms with Crippen molar-refractivity contribution in [2.24, 2.45) is 5.92 Å². The van der Waals surface area contributed by atoms with Crippen molar-refractivity contribution >= 4 is 0 Å². The van der Waals surface area contributed by atoms with Gasteiger partial charge in [-0.05, 0) is 110 Å². The van der Waals surface area contributed by atoms with Gasteiger partial charge < -0.3 is 5.32 Å². The number of hydrogen-bond donors (Lipinski definition) is 1. The van der Waals surface area contributed by atoms with E-state index in [1.54, 1.807) is 11.1 Å². The minimum absolute atomic E-state index is 0.723. The number of benzene rings is 2. The number of rotatable bonds is 9.